The molecule has 1 amide bonds. The van der Waals surface area contributed by atoms with Crippen molar-refractivity contribution in [2.24, 2.45) is 5.10 Å². The van der Waals surface area contributed by atoms with Gasteiger partial charge in [-0.2, -0.15) is 5.10 Å². The number of carbonyl (C=O) groups is 2. The highest BCUT2D eigenvalue weighted by molar-refractivity contribution is 6.01. The predicted molar refractivity (Wildman–Crippen MR) is 117 cm³/mol. The van der Waals surface area contributed by atoms with E-state index in [2.05, 4.69) is 10.5 Å². The van der Waals surface area contributed by atoms with E-state index in [0.717, 1.165) is 10.8 Å². The molecule has 7 nitrogen and oxygen atoms in total. The van der Waals surface area contributed by atoms with Gasteiger partial charge in [0.2, 0.25) is 0 Å². The highest BCUT2D eigenvalue weighted by atomic mass is 16.4. The van der Waals surface area contributed by atoms with E-state index in [0.29, 0.717) is 22.6 Å². The molecular weight excluding hydrogens is 396 g/mol. The molecule has 0 spiro atoms. The third-order valence-electron chi connectivity index (χ3n) is 4.92. The van der Waals surface area contributed by atoms with Gasteiger partial charge in [0, 0.05) is 5.56 Å². The molecule has 3 aromatic carbocycles. The molecule has 1 aromatic heterocycles. The molecule has 0 aliphatic heterocycles. The number of hydrazone groups is 1. The van der Waals surface area contributed by atoms with Crippen molar-refractivity contribution in [3.63, 3.8) is 0 Å². The molecule has 0 atom stereocenters. The van der Waals surface area contributed by atoms with Crippen LogP contribution in [0.3, 0.4) is 0 Å². The van der Waals surface area contributed by atoms with Crippen molar-refractivity contribution < 1.29 is 24.2 Å². The quantitative estimate of drug-likeness (QED) is 0.327. The number of aromatic carboxylic acids is 1. The highest BCUT2D eigenvalue weighted by Crippen LogP contribution is 2.27. The second-order valence-electron chi connectivity index (χ2n) is 6.90. The minimum atomic E-state index is -1.01. The van der Waals surface area contributed by atoms with Gasteiger partial charge in [0.05, 0.1) is 17.3 Å². The third-order valence-corrected chi connectivity index (χ3v) is 4.92. The molecule has 0 radical (unpaired) electrons. The SMILES string of the molecule is Cc1c(C(=O)O)cccc1-c1ccc(C=NNC(=O)c2cc3ccccc3cc2O)o1. The number of hydrogen-bond acceptors (Lipinski definition) is 5. The normalized spacial score (nSPS) is 11.1. The maximum atomic E-state index is 12.4. The van der Waals surface area contributed by atoms with Gasteiger partial charge in [0.25, 0.3) is 5.91 Å². The average Bonchev–Trinajstić information content (AvgIpc) is 3.21. The van der Waals surface area contributed by atoms with Gasteiger partial charge in [-0.1, -0.05) is 36.4 Å². The molecule has 0 fully saturated rings. The number of benzene rings is 3. The summed E-state index contributed by atoms with van der Waals surface area (Å²) in [6.07, 6.45) is 1.33. The fourth-order valence-electron chi connectivity index (χ4n) is 3.33. The van der Waals surface area contributed by atoms with Crippen LogP contribution in [0.2, 0.25) is 0 Å². The zero-order chi connectivity index (χ0) is 22.0. The van der Waals surface area contributed by atoms with Crippen LogP contribution in [0, 0.1) is 6.92 Å². The van der Waals surface area contributed by atoms with Crippen molar-refractivity contribution in [2.45, 2.75) is 6.92 Å². The molecule has 0 unspecified atom stereocenters. The number of carbonyl (C=O) groups excluding carboxylic acids is 1. The van der Waals surface area contributed by atoms with Crippen LogP contribution in [0.5, 0.6) is 5.75 Å². The van der Waals surface area contributed by atoms with Crippen molar-refractivity contribution in [1.29, 1.82) is 0 Å². The fraction of sp³-hybridized carbons (Fsp3) is 0.0417. The van der Waals surface area contributed by atoms with Gasteiger partial charge in [0.15, 0.2) is 0 Å². The van der Waals surface area contributed by atoms with Crippen LogP contribution in [-0.2, 0) is 0 Å². The summed E-state index contributed by atoms with van der Waals surface area (Å²) in [4.78, 5) is 23.7. The van der Waals surface area contributed by atoms with Gasteiger partial charge >= 0.3 is 5.97 Å². The van der Waals surface area contributed by atoms with Crippen molar-refractivity contribution in [2.75, 3.05) is 0 Å². The second kappa shape index (κ2) is 8.16. The van der Waals surface area contributed by atoms with E-state index in [1.807, 2.05) is 24.3 Å². The summed E-state index contributed by atoms with van der Waals surface area (Å²) in [5, 5.41) is 25.0. The van der Waals surface area contributed by atoms with Gasteiger partial charge < -0.3 is 14.6 Å². The number of carboxylic acid groups (broad SMARTS) is 1. The van der Waals surface area contributed by atoms with Crippen LogP contribution in [-0.4, -0.2) is 28.3 Å². The van der Waals surface area contributed by atoms with E-state index in [4.69, 9.17) is 4.42 Å². The molecule has 7 heteroatoms. The number of furan rings is 1. The van der Waals surface area contributed by atoms with Crippen molar-refractivity contribution in [3.05, 3.63) is 89.2 Å². The molecule has 154 valence electrons. The topological polar surface area (TPSA) is 112 Å². The molecule has 3 N–H and O–H groups in total. The van der Waals surface area contributed by atoms with Crippen LogP contribution in [0.15, 0.2) is 76.2 Å². The lowest BCUT2D eigenvalue weighted by atomic mass is 10.0. The zero-order valence-electron chi connectivity index (χ0n) is 16.5. The molecule has 0 aliphatic carbocycles. The number of hydrogen-bond donors (Lipinski definition) is 3. The lowest BCUT2D eigenvalue weighted by molar-refractivity contribution is 0.0696. The molecule has 31 heavy (non-hydrogen) atoms. The van der Waals surface area contributed by atoms with E-state index in [9.17, 15) is 19.8 Å². The van der Waals surface area contributed by atoms with Gasteiger partial charge in [-0.05, 0) is 53.6 Å². The Morgan fingerprint density at radius 3 is 2.45 bits per heavy atom. The molecule has 0 bridgehead atoms. The number of rotatable bonds is 5. The highest BCUT2D eigenvalue weighted by Gasteiger charge is 2.14. The summed E-state index contributed by atoms with van der Waals surface area (Å²) in [5.74, 6) is -0.845. The summed E-state index contributed by atoms with van der Waals surface area (Å²) < 4.78 is 5.71. The van der Waals surface area contributed by atoms with Crippen LogP contribution >= 0.6 is 0 Å². The van der Waals surface area contributed by atoms with E-state index in [-0.39, 0.29) is 16.9 Å². The molecule has 4 aromatic rings. The Balaban J connectivity index is 1.50. The Morgan fingerprint density at radius 2 is 1.71 bits per heavy atom. The zero-order valence-corrected chi connectivity index (χ0v) is 16.5. The lowest BCUT2D eigenvalue weighted by Gasteiger charge is -2.06. The number of phenolic OH excluding ortho intramolecular Hbond substituents is 1. The number of nitrogens with zero attached hydrogens (tertiary/aromatic N) is 1. The van der Waals surface area contributed by atoms with Gasteiger partial charge in [-0.25, -0.2) is 10.2 Å². The number of amides is 1. The first-order valence-electron chi connectivity index (χ1n) is 9.42. The predicted octanol–water partition coefficient (Wildman–Crippen LogP) is 4.58. The first-order valence-corrected chi connectivity index (χ1v) is 9.42. The number of phenols is 1. The molecule has 4 rings (SSSR count). The van der Waals surface area contributed by atoms with E-state index < -0.39 is 11.9 Å². The smallest absolute Gasteiger partial charge is 0.335 e. The van der Waals surface area contributed by atoms with Gasteiger partial charge in [-0.15, -0.1) is 0 Å². The molecule has 0 saturated heterocycles. The largest absolute Gasteiger partial charge is 0.507 e. The summed E-state index contributed by atoms with van der Waals surface area (Å²) in [6, 6.07) is 18.8. The second-order valence-corrected chi connectivity index (χ2v) is 6.90. The maximum absolute atomic E-state index is 12.4. The van der Waals surface area contributed by atoms with Crippen LogP contribution in [0.25, 0.3) is 22.1 Å². The first kappa shape index (κ1) is 19.9. The Labute approximate surface area is 177 Å². The van der Waals surface area contributed by atoms with E-state index in [1.54, 1.807) is 37.3 Å². The number of fused-ring (bicyclic) bond motifs is 1. The molecule has 0 saturated carbocycles. The number of nitrogens with one attached hydrogen (secondary N) is 1. The Hall–Kier alpha value is -4.39. The van der Waals surface area contributed by atoms with E-state index in [1.165, 1.54) is 18.3 Å². The third kappa shape index (κ3) is 4.02. The van der Waals surface area contributed by atoms with Crippen LogP contribution in [0.1, 0.15) is 32.0 Å². The van der Waals surface area contributed by atoms with Crippen LogP contribution < -0.4 is 5.43 Å². The standard InChI is InChI=1S/C24H18N2O5/c1-14-18(7-4-8-19(14)24(29)30)22-10-9-17(31-22)13-25-26-23(28)20-11-15-5-2-3-6-16(15)12-21(20)27/h2-13,27H,1H3,(H,26,28)(H,29,30). The van der Waals surface area contributed by atoms with E-state index >= 15 is 0 Å². The van der Waals surface area contributed by atoms with Gasteiger partial charge in [-0.3, -0.25) is 4.79 Å². The summed E-state index contributed by atoms with van der Waals surface area (Å²) in [5.41, 5.74) is 3.93. The monoisotopic (exact) mass is 414 g/mol. The molecule has 1 heterocycles. The minimum absolute atomic E-state index is 0.108. The fourth-order valence-corrected chi connectivity index (χ4v) is 3.33. The van der Waals surface area contributed by atoms with Crippen molar-refractivity contribution in [1.82, 2.24) is 5.43 Å². The Bertz CT molecular complexity index is 1340. The summed E-state index contributed by atoms with van der Waals surface area (Å²) >= 11 is 0. The molecular formula is C24H18N2O5. The van der Waals surface area contributed by atoms with Crippen molar-refractivity contribution >= 4 is 28.9 Å². The number of carboxylic acids is 1. The Morgan fingerprint density at radius 1 is 0.968 bits per heavy atom. The van der Waals surface area contributed by atoms with Gasteiger partial charge in [0.1, 0.15) is 17.3 Å². The lowest BCUT2D eigenvalue weighted by Crippen LogP contribution is -2.17. The molecule has 0 aliphatic rings. The number of aromatic hydroxyl groups is 1. The van der Waals surface area contributed by atoms with Crippen LogP contribution in [0.4, 0.5) is 0 Å². The summed E-state index contributed by atoms with van der Waals surface area (Å²) in [6.45, 7) is 1.71. The average molecular weight is 414 g/mol. The summed E-state index contributed by atoms with van der Waals surface area (Å²) in [7, 11) is 0. The minimum Gasteiger partial charge on any atom is -0.507 e. The Kier molecular flexibility index (Phi) is 5.24. The first-order chi connectivity index (χ1) is 14.9. The van der Waals surface area contributed by atoms with Crippen molar-refractivity contribution in [3.8, 4) is 17.1 Å². The maximum Gasteiger partial charge on any atom is 0.335 e.